The first-order chi connectivity index (χ1) is 6.74. The third kappa shape index (κ3) is 2.30. The Morgan fingerprint density at radius 3 is 3.14 bits per heavy atom. The van der Waals surface area contributed by atoms with Crippen LogP contribution in [0, 0.1) is 6.92 Å². The summed E-state index contributed by atoms with van der Waals surface area (Å²) >= 11 is 0. The first kappa shape index (κ1) is 9.61. The van der Waals surface area contributed by atoms with E-state index in [1.807, 2.05) is 6.92 Å². The molecule has 1 aliphatic rings. The second-order valence-electron chi connectivity index (χ2n) is 3.87. The molecule has 1 aromatic rings. The first-order valence-electron chi connectivity index (χ1n) is 5.01. The van der Waals surface area contributed by atoms with E-state index in [1.165, 1.54) is 0 Å². The molecular formula is C9H16N4O. The highest BCUT2D eigenvalue weighted by atomic mass is 16.5. The van der Waals surface area contributed by atoms with Gasteiger partial charge in [0.25, 0.3) is 0 Å². The molecule has 1 unspecified atom stereocenters. The molecule has 0 aromatic carbocycles. The summed E-state index contributed by atoms with van der Waals surface area (Å²) in [6, 6.07) is 0.299. The number of hydrogen-bond acceptors (Lipinski definition) is 5. The van der Waals surface area contributed by atoms with Gasteiger partial charge in [0.1, 0.15) is 0 Å². The van der Waals surface area contributed by atoms with Gasteiger partial charge in [0.15, 0.2) is 5.82 Å². The van der Waals surface area contributed by atoms with Gasteiger partial charge in [-0.3, -0.25) is 4.90 Å². The fourth-order valence-electron chi connectivity index (χ4n) is 1.83. The first-order valence-corrected chi connectivity index (χ1v) is 5.01. The van der Waals surface area contributed by atoms with Crippen molar-refractivity contribution in [3.63, 3.8) is 0 Å². The Morgan fingerprint density at radius 1 is 1.64 bits per heavy atom. The van der Waals surface area contributed by atoms with Gasteiger partial charge in [0, 0.05) is 12.6 Å². The molecule has 0 radical (unpaired) electrons. The lowest BCUT2D eigenvalue weighted by molar-refractivity contribution is 0.178. The molecule has 0 spiro atoms. The lowest BCUT2D eigenvalue weighted by atomic mass is 10.1. The number of piperidine rings is 1. The minimum absolute atomic E-state index is 0.299. The fourth-order valence-corrected chi connectivity index (χ4v) is 1.83. The number of hydrogen-bond donors (Lipinski definition) is 1. The van der Waals surface area contributed by atoms with Crippen LogP contribution in [0.4, 0.5) is 0 Å². The van der Waals surface area contributed by atoms with E-state index in [4.69, 9.17) is 10.3 Å². The van der Waals surface area contributed by atoms with Crippen LogP contribution in [0.2, 0.25) is 0 Å². The largest absolute Gasteiger partial charge is 0.338 e. The molecule has 1 aliphatic heterocycles. The Bertz CT molecular complexity index is 299. The molecule has 14 heavy (non-hydrogen) atoms. The van der Waals surface area contributed by atoms with Crippen LogP contribution < -0.4 is 5.73 Å². The molecular weight excluding hydrogens is 180 g/mol. The van der Waals surface area contributed by atoms with Crippen molar-refractivity contribution in [2.24, 2.45) is 5.73 Å². The molecule has 0 aliphatic carbocycles. The van der Waals surface area contributed by atoms with E-state index in [0.717, 1.165) is 32.5 Å². The maximum atomic E-state index is 5.88. The van der Waals surface area contributed by atoms with Gasteiger partial charge in [0.2, 0.25) is 5.89 Å². The number of nitrogens with two attached hydrogens (primary N) is 1. The summed E-state index contributed by atoms with van der Waals surface area (Å²) in [6.45, 7) is 4.57. The van der Waals surface area contributed by atoms with Crippen molar-refractivity contribution >= 4 is 0 Å². The van der Waals surface area contributed by atoms with E-state index in [-0.39, 0.29) is 0 Å². The van der Waals surface area contributed by atoms with E-state index in [2.05, 4.69) is 15.0 Å². The predicted octanol–water partition coefficient (Wildman–Crippen LogP) is 0.301. The molecule has 2 heterocycles. The third-order valence-electron chi connectivity index (χ3n) is 2.47. The molecule has 2 N–H and O–H groups in total. The van der Waals surface area contributed by atoms with Crippen LogP contribution in [0.5, 0.6) is 0 Å². The normalized spacial score (nSPS) is 24.0. The zero-order valence-corrected chi connectivity index (χ0v) is 8.44. The second-order valence-corrected chi connectivity index (χ2v) is 3.87. The minimum Gasteiger partial charge on any atom is -0.338 e. The zero-order chi connectivity index (χ0) is 9.97. The summed E-state index contributed by atoms with van der Waals surface area (Å²) in [5, 5.41) is 3.76. The van der Waals surface area contributed by atoms with Crippen molar-refractivity contribution in [2.45, 2.75) is 32.4 Å². The topological polar surface area (TPSA) is 68.2 Å². The molecule has 0 amide bonds. The third-order valence-corrected chi connectivity index (χ3v) is 2.47. The van der Waals surface area contributed by atoms with E-state index in [0.29, 0.717) is 17.8 Å². The monoisotopic (exact) mass is 196 g/mol. The van der Waals surface area contributed by atoms with Crippen LogP contribution in [0.1, 0.15) is 24.6 Å². The smallest absolute Gasteiger partial charge is 0.240 e. The Hall–Kier alpha value is -0.940. The van der Waals surface area contributed by atoms with Crippen molar-refractivity contribution < 1.29 is 4.52 Å². The Labute approximate surface area is 83.3 Å². The summed E-state index contributed by atoms with van der Waals surface area (Å²) in [5.41, 5.74) is 5.88. The summed E-state index contributed by atoms with van der Waals surface area (Å²) in [5.74, 6) is 1.39. The molecule has 2 rings (SSSR count). The summed E-state index contributed by atoms with van der Waals surface area (Å²) in [4.78, 5) is 6.43. The molecule has 0 saturated carbocycles. The number of aromatic nitrogens is 2. The second kappa shape index (κ2) is 4.06. The van der Waals surface area contributed by atoms with Crippen molar-refractivity contribution in [1.82, 2.24) is 15.0 Å². The highest BCUT2D eigenvalue weighted by Gasteiger charge is 2.18. The Balaban J connectivity index is 1.90. The van der Waals surface area contributed by atoms with Crippen LogP contribution >= 0.6 is 0 Å². The molecule has 1 fully saturated rings. The number of nitrogens with zero attached hydrogens (tertiary/aromatic N) is 3. The van der Waals surface area contributed by atoms with E-state index in [9.17, 15) is 0 Å². The van der Waals surface area contributed by atoms with Gasteiger partial charge in [0.05, 0.1) is 6.54 Å². The van der Waals surface area contributed by atoms with Gasteiger partial charge in [-0.2, -0.15) is 4.98 Å². The highest BCUT2D eigenvalue weighted by Crippen LogP contribution is 2.11. The molecule has 1 atom stereocenters. The van der Waals surface area contributed by atoms with Crippen molar-refractivity contribution in [3.8, 4) is 0 Å². The van der Waals surface area contributed by atoms with Gasteiger partial charge in [-0.1, -0.05) is 5.16 Å². The summed E-state index contributed by atoms with van der Waals surface area (Å²) in [7, 11) is 0. The molecule has 78 valence electrons. The maximum absolute atomic E-state index is 5.88. The Morgan fingerprint density at radius 2 is 2.50 bits per heavy atom. The van der Waals surface area contributed by atoms with E-state index in [1.54, 1.807) is 0 Å². The fraction of sp³-hybridized carbons (Fsp3) is 0.778. The molecule has 1 saturated heterocycles. The van der Waals surface area contributed by atoms with Gasteiger partial charge >= 0.3 is 0 Å². The zero-order valence-electron chi connectivity index (χ0n) is 8.44. The van der Waals surface area contributed by atoms with Crippen molar-refractivity contribution in [1.29, 1.82) is 0 Å². The SMILES string of the molecule is Cc1noc(CN2CCCC(N)C2)n1. The van der Waals surface area contributed by atoms with Crippen molar-refractivity contribution in [3.05, 3.63) is 11.7 Å². The van der Waals surface area contributed by atoms with Gasteiger partial charge in [-0.05, 0) is 26.3 Å². The average molecular weight is 196 g/mol. The van der Waals surface area contributed by atoms with Gasteiger partial charge in [-0.25, -0.2) is 0 Å². The Kier molecular flexibility index (Phi) is 2.79. The highest BCUT2D eigenvalue weighted by molar-refractivity contribution is 4.85. The van der Waals surface area contributed by atoms with Crippen LogP contribution in [0.15, 0.2) is 4.52 Å². The van der Waals surface area contributed by atoms with Crippen LogP contribution in [0.25, 0.3) is 0 Å². The quantitative estimate of drug-likeness (QED) is 0.736. The number of rotatable bonds is 2. The average Bonchev–Trinajstić information content (AvgIpc) is 2.51. The molecule has 5 heteroatoms. The van der Waals surface area contributed by atoms with Gasteiger partial charge < -0.3 is 10.3 Å². The lowest BCUT2D eigenvalue weighted by Crippen LogP contribution is -2.42. The molecule has 0 bridgehead atoms. The lowest BCUT2D eigenvalue weighted by Gasteiger charge is -2.29. The molecule has 1 aromatic heterocycles. The maximum Gasteiger partial charge on any atom is 0.240 e. The summed E-state index contributed by atoms with van der Waals surface area (Å²) in [6.07, 6.45) is 2.29. The number of likely N-dealkylation sites (tertiary alicyclic amines) is 1. The standard InChI is InChI=1S/C9H16N4O/c1-7-11-9(14-12-7)6-13-4-2-3-8(10)5-13/h8H,2-6,10H2,1H3. The summed E-state index contributed by atoms with van der Waals surface area (Å²) < 4.78 is 5.06. The van der Waals surface area contributed by atoms with E-state index < -0.39 is 0 Å². The minimum atomic E-state index is 0.299. The van der Waals surface area contributed by atoms with Crippen molar-refractivity contribution in [2.75, 3.05) is 13.1 Å². The van der Waals surface area contributed by atoms with Crippen LogP contribution in [0.3, 0.4) is 0 Å². The predicted molar refractivity (Wildman–Crippen MR) is 51.5 cm³/mol. The van der Waals surface area contributed by atoms with Gasteiger partial charge in [-0.15, -0.1) is 0 Å². The van der Waals surface area contributed by atoms with Crippen LogP contribution in [-0.4, -0.2) is 34.2 Å². The molecule has 5 nitrogen and oxygen atoms in total. The number of aryl methyl sites for hydroxylation is 1. The van der Waals surface area contributed by atoms with E-state index >= 15 is 0 Å². The van der Waals surface area contributed by atoms with Crippen LogP contribution in [-0.2, 0) is 6.54 Å².